The lowest BCUT2D eigenvalue weighted by Crippen LogP contribution is -2.13. The Bertz CT molecular complexity index is 623. The highest BCUT2D eigenvalue weighted by Gasteiger charge is 2.12. The molecule has 1 atom stereocenters. The molecule has 0 amide bonds. The van der Waals surface area contributed by atoms with E-state index in [-0.39, 0.29) is 12.4 Å². The molecule has 4 nitrogen and oxygen atoms in total. The molecular formula is C12H14FN3OS2. The largest absolute Gasteiger partial charge is 0.386 e. The zero-order valence-corrected chi connectivity index (χ0v) is 12.2. The number of benzene rings is 1. The number of halogens is 1. The second-order valence-corrected chi connectivity index (χ2v) is 5.90. The van der Waals surface area contributed by atoms with Gasteiger partial charge in [0.25, 0.3) is 0 Å². The summed E-state index contributed by atoms with van der Waals surface area (Å²) in [5, 5.41) is 15.2. The molecule has 0 aliphatic heterocycles. The highest BCUT2D eigenvalue weighted by molar-refractivity contribution is 7.73. The molecule has 0 saturated heterocycles. The average Bonchev–Trinajstić information content (AvgIpc) is 2.71. The molecule has 1 aromatic carbocycles. The van der Waals surface area contributed by atoms with Crippen LogP contribution in [0.25, 0.3) is 0 Å². The van der Waals surface area contributed by atoms with E-state index in [1.165, 1.54) is 23.5 Å². The van der Waals surface area contributed by atoms with E-state index >= 15 is 0 Å². The first-order valence-corrected chi connectivity index (χ1v) is 6.88. The van der Waals surface area contributed by atoms with Gasteiger partial charge >= 0.3 is 0 Å². The Morgan fingerprint density at radius 2 is 2.26 bits per heavy atom. The Labute approximate surface area is 119 Å². The summed E-state index contributed by atoms with van der Waals surface area (Å²) in [6, 6.07) is 5.90. The fourth-order valence-corrected chi connectivity index (χ4v) is 2.61. The van der Waals surface area contributed by atoms with Gasteiger partial charge in [-0.3, -0.25) is 0 Å². The van der Waals surface area contributed by atoms with Gasteiger partial charge in [0, 0.05) is 14.1 Å². The standard InChI is InChI=1S/C12H14FN3OS2/c1-15(2)11-14-16(12(18)19-11)7-10(17)8-4-3-5-9(13)6-8/h3-6,10,17H,7H2,1-2H3/t10-/m1/s1. The summed E-state index contributed by atoms with van der Waals surface area (Å²) < 4.78 is 15.2. The number of hydrogen-bond donors (Lipinski definition) is 1. The average molecular weight is 299 g/mol. The van der Waals surface area contributed by atoms with Crippen molar-refractivity contribution < 1.29 is 9.50 Å². The first kappa shape index (κ1) is 14.1. The normalized spacial score (nSPS) is 12.4. The van der Waals surface area contributed by atoms with E-state index in [4.69, 9.17) is 12.2 Å². The first-order chi connectivity index (χ1) is 8.97. The molecule has 0 saturated carbocycles. The third-order valence-corrected chi connectivity index (χ3v) is 4.03. The predicted octanol–water partition coefficient (Wildman–Crippen LogP) is 2.61. The second-order valence-electron chi connectivity index (χ2n) is 4.30. The van der Waals surface area contributed by atoms with Crippen LogP contribution < -0.4 is 4.90 Å². The summed E-state index contributed by atoms with van der Waals surface area (Å²) in [6.45, 7) is 0.215. The number of rotatable bonds is 4. The molecule has 0 fully saturated rings. The fraction of sp³-hybridized carbons (Fsp3) is 0.333. The quantitative estimate of drug-likeness (QED) is 0.881. The van der Waals surface area contributed by atoms with Crippen molar-refractivity contribution in [3.05, 3.63) is 39.6 Å². The lowest BCUT2D eigenvalue weighted by molar-refractivity contribution is 0.151. The maximum Gasteiger partial charge on any atom is 0.206 e. The Morgan fingerprint density at radius 1 is 1.53 bits per heavy atom. The van der Waals surface area contributed by atoms with E-state index in [1.54, 1.807) is 16.8 Å². The molecule has 7 heteroatoms. The van der Waals surface area contributed by atoms with Gasteiger partial charge in [0.2, 0.25) is 5.13 Å². The van der Waals surface area contributed by atoms with Crippen molar-refractivity contribution in [3.8, 4) is 0 Å². The van der Waals surface area contributed by atoms with Gasteiger partial charge in [-0.25, -0.2) is 9.07 Å². The van der Waals surface area contributed by atoms with Crippen molar-refractivity contribution in [1.29, 1.82) is 0 Å². The van der Waals surface area contributed by atoms with Crippen LogP contribution in [0.3, 0.4) is 0 Å². The summed E-state index contributed by atoms with van der Waals surface area (Å²) in [5.74, 6) is -0.368. The predicted molar refractivity (Wildman–Crippen MR) is 76.6 cm³/mol. The van der Waals surface area contributed by atoms with Crippen LogP contribution in [0.5, 0.6) is 0 Å². The second kappa shape index (κ2) is 5.77. The van der Waals surface area contributed by atoms with Gasteiger partial charge in [-0.2, -0.15) is 0 Å². The first-order valence-electron chi connectivity index (χ1n) is 5.66. The minimum Gasteiger partial charge on any atom is -0.386 e. The number of hydrogen-bond acceptors (Lipinski definition) is 5. The third kappa shape index (κ3) is 3.37. The van der Waals surface area contributed by atoms with Gasteiger partial charge in [-0.1, -0.05) is 23.5 Å². The van der Waals surface area contributed by atoms with Gasteiger partial charge < -0.3 is 10.0 Å². The molecule has 102 valence electrons. The summed E-state index contributed by atoms with van der Waals surface area (Å²) in [4.78, 5) is 1.85. The van der Waals surface area contributed by atoms with E-state index in [0.717, 1.165) is 5.13 Å². The highest BCUT2D eigenvalue weighted by atomic mass is 32.1. The molecule has 0 aliphatic carbocycles. The highest BCUT2D eigenvalue weighted by Crippen LogP contribution is 2.21. The summed E-state index contributed by atoms with van der Waals surface area (Å²) in [6.07, 6.45) is -0.834. The van der Waals surface area contributed by atoms with E-state index in [2.05, 4.69) is 5.10 Å². The van der Waals surface area contributed by atoms with E-state index < -0.39 is 6.10 Å². The molecule has 2 aromatic rings. The number of aliphatic hydroxyl groups is 1. The van der Waals surface area contributed by atoms with Crippen molar-refractivity contribution >= 4 is 28.7 Å². The number of aliphatic hydroxyl groups excluding tert-OH is 1. The minimum atomic E-state index is -0.834. The van der Waals surface area contributed by atoms with Gasteiger partial charge in [0.15, 0.2) is 3.95 Å². The van der Waals surface area contributed by atoms with Crippen LogP contribution in [0.1, 0.15) is 11.7 Å². The summed E-state index contributed by atoms with van der Waals surface area (Å²) in [7, 11) is 3.75. The number of aromatic nitrogens is 2. The molecular weight excluding hydrogens is 285 g/mol. The van der Waals surface area contributed by atoms with Crippen molar-refractivity contribution in [2.24, 2.45) is 0 Å². The van der Waals surface area contributed by atoms with Gasteiger partial charge in [-0.05, 0) is 29.9 Å². The van der Waals surface area contributed by atoms with Crippen LogP contribution in [0, 0.1) is 9.77 Å². The Hall–Kier alpha value is -1.31. The van der Waals surface area contributed by atoms with Crippen LogP contribution in [-0.4, -0.2) is 29.0 Å². The zero-order chi connectivity index (χ0) is 14.0. The maximum atomic E-state index is 13.1. The Kier molecular flexibility index (Phi) is 4.28. The van der Waals surface area contributed by atoms with Crippen LogP contribution >= 0.6 is 23.6 Å². The minimum absolute atomic E-state index is 0.215. The van der Waals surface area contributed by atoms with Crippen LogP contribution in [-0.2, 0) is 6.54 Å². The molecule has 0 bridgehead atoms. The SMILES string of the molecule is CN(C)c1nn(C[C@@H](O)c2cccc(F)c2)c(=S)s1. The van der Waals surface area contributed by atoms with Gasteiger partial charge in [0.1, 0.15) is 5.82 Å². The monoisotopic (exact) mass is 299 g/mol. The number of anilines is 1. The fourth-order valence-electron chi connectivity index (χ4n) is 1.57. The topological polar surface area (TPSA) is 41.3 Å². The van der Waals surface area contributed by atoms with Crippen molar-refractivity contribution in [2.45, 2.75) is 12.6 Å². The van der Waals surface area contributed by atoms with Gasteiger partial charge in [0.05, 0.1) is 12.6 Å². The molecule has 1 aromatic heterocycles. The van der Waals surface area contributed by atoms with Crippen molar-refractivity contribution in [1.82, 2.24) is 9.78 Å². The van der Waals surface area contributed by atoms with E-state index in [0.29, 0.717) is 9.52 Å². The zero-order valence-electron chi connectivity index (χ0n) is 10.6. The van der Waals surface area contributed by atoms with Crippen molar-refractivity contribution in [2.75, 3.05) is 19.0 Å². The van der Waals surface area contributed by atoms with Gasteiger partial charge in [-0.15, -0.1) is 5.10 Å². The lowest BCUT2D eigenvalue weighted by atomic mass is 10.1. The lowest BCUT2D eigenvalue weighted by Gasteiger charge is -2.11. The molecule has 1 heterocycles. The molecule has 19 heavy (non-hydrogen) atoms. The smallest absolute Gasteiger partial charge is 0.206 e. The van der Waals surface area contributed by atoms with E-state index in [1.807, 2.05) is 19.0 Å². The van der Waals surface area contributed by atoms with Crippen molar-refractivity contribution in [3.63, 3.8) is 0 Å². The third-order valence-electron chi connectivity index (χ3n) is 2.56. The molecule has 2 rings (SSSR count). The Morgan fingerprint density at radius 3 is 2.84 bits per heavy atom. The summed E-state index contributed by atoms with van der Waals surface area (Å²) in [5.41, 5.74) is 0.515. The molecule has 0 aliphatic rings. The van der Waals surface area contributed by atoms with Crippen LogP contribution in [0.15, 0.2) is 24.3 Å². The van der Waals surface area contributed by atoms with E-state index in [9.17, 15) is 9.50 Å². The molecule has 0 unspecified atom stereocenters. The molecule has 1 N–H and O–H groups in total. The van der Waals surface area contributed by atoms with Crippen LogP contribution in [0.2, 0.25) is 0 Å². The van der Waals surface area contributed by atoms with Crippen LogP contribution in [0.4, 0.5) is 9.52 Å². The summed E-state index contributed by atoms with van der Waals surface area (Å²) >= 11 is 6.56. The maximum absolute atomic E-state index is 13.1. The number of nitrogens with zero attached hydrogens (tertiary/aromatic N) is 3. The molecule has 0 spiro atoms. The molecule has 0 radical (unpaired) electrons. The Balaban J connectivity index is 2.19.